The van der Waals surface area contributed by atoms with E-state index in [0.717, 1.165) is 30.2 Å². The molecule has 5 heteroatoms. The standard InChI is InChI=1S/C14H19BrN2O2/c15-12-6-11(7-16-8-12)14(19)17-13-5-3-1-2-4-10(13)9-18/h6-8,10,13,18H,1-5,9H2,(H,17,19)/t10-,13-/m1/s1. The summed E-state index contributed by atoms with van der Waals surface area (Å²) in [4.78, 5) is 16.2. The Hall–Kier alpha value is -0.940. The first-order valence-corrected chi connectivity index (χ1v) is 7.52. The van der Waals surface area contributed by atoms with Crippen LogP contribution in [-0.4, -0.2) is 28.6 Å². The molecular formula is C14H19BrN2O2. The minimum absolute atomic E-state index is 0.0685. The third kappa shape index (κ3) is 4.01. The molecule has 1 aromatic heterocycles. The van der Waals surface area contributed by atoms with Crippen molar-refractivity contribution in [3.05, 3.63) is 28.5 Å². The van der Waals surface area contributed by atoms with Gasteiger partial charge in [0.05, 0.1) is 5.56 Å². The molecule has 1 heterocycles. The largest absolute Gasteiger partial charge is 0.396 e. The number of hydrogen-bond acceptors (Lipinski definition) is 3. The number of nitrogens with zero attached hydrogens (tertiary/aromatic N) is 1. The van der Waals surface area contributed by atoms with Gasteiger partial charge < -0.3 is 10.4 Å². The molecule has 0 bridgehead atoms. The number of carbonyl (C=O) groups excluding carboxylic acids is 1. The zero-order valence-electron chi connectivity index (χ0n) is 10.8. The van der Waals surface area contributed by atoms with Gasteiger partial charge in [0.1, 0.15) is 0 Å². The first kappa shape index (κ1) is 14.5. The SMILES string of the molecule is O=C(N[C@@H]1CCCCC[C@@H]1CO)c1cncc(Br)c1. The number of hydrogen-bond donors (Lipinski definition) is 2. The average molecular weight is 327 g/mol. The molecular weight excluding hydrogens is 308 g/mol. The van der Waals surface area contributed by atoms with E-state index in [1.165, 1.54) is 6.42 Å². The first-order chi connectivity index (χ1) is 9.20. The van der Waals surface area contributed by atoms with Gasteiger partial charge in [0.2, 0.25) is 0 Å². The van der Waals surface area contributed by atoms with Crippen molar-refractivity contribution in [2.24, 2.45) is 5.92 Å². The molecule has 1 aliphatic rings. The van der Waals surface area contributed by atoms with Crippen molar-refractivity contribution in [2.45, 2.75) is 38.1 Å². The predicted octanol–water partition coefficient (Wildman–Crippen LogP) is 2.52. The first-order valence-electron chi connectivity index (χ1n) is 6.73. The lowest BCUT2D eigenvalue weighted by molar-refractivity contribution is 0.0899. The van der Waals surface area contributed by atoms with Gasteiger partial charge in [-0.25, -0.2) is 0 Å². The molecule has 4 nitrogen and oxygen atoms in total. The van der Waals surface area contributed by atoms with Crippen LogP contribution in [-0.2, 0) is 0 Å². The van der Waals surface area contributed by atoms with Crippen molar-refractivity contribution in [1.82, 2.24) is 10.3 Å². The van der Waals surface area contributed by atoms with Gasteiger partial charge in [-0.05, 0) is 34.8 Å². The maximum Gasteiger partial charge on any atom is 0.253 e. The van der Waals surface area contributed by atoms with Gasteiger partial charge in [-0.1, -0.05) is 19.3 Å². The summed E-state index contributed by atoms with van der Waals surface area (Å²) >= 11 is 3.31. The van der Waals surface area contributed by atoms with Gasteiger partial charge in [0.15, 0.2) is 0 Å². The Kier molecular flexibility index (Phi) is 5.34. The summed E-state index contributed by atoms with van der Waals surface area (Å²) in [6.45, 7) is 0.141. The van der Waals surface area contributed by atoms with Crippen molar-refractivity contribution in [3.63, 3.8) is 0 Å². The quantitative estimate of drug-likeness (QED) is 0.839. The molecule has 2 N–H and O–H groups in total. The van der Waals surface area contributed by atoms with Crippen LogP contribution in [0.4, 0.5) is 0 Å². The smallest absolute Gasteiger partial charge is 0.253 e. The summed E-state index contributed by atoms with van der Waals surface area (Å²) in [6.07, 6.45) is 8.57. The van der Waals surface area contributed by atoms with Crippen molar-refractivity contribution in [1.29, 1.82) is 0 Å². The number of amides is 1. The number of aromatic nitrogens is 1. The summed E-state index contributed by atoms with van der Waals surface area (Å²) in [7, 11) is 0. The molecule has 0 unspecified atom stereocenters. The molecule has 104 valence electrons. The van der Waals surface area contributed by atoms with Gasteiger partial charge in [-0.15, -0.1) is 0 Å². The number of nitrogens with one attached hydrogen (secondary N) is 1. The summed E-state index contributed by atoms with van der Waals surface area (Å²) in [5, 5.41) is 12.5. The Balaban J connectivity index is 2.04. The highest BCUT2D eigenvalue weighted by Crippen LogP contribution is 2.23. The number of carbonyl (C=O) groups is 1. The lowest BCUT2D eigenvalue weighted by Gasteiger charge is -2.24. The van der Waals surface area contributed by atoms with E-state index in [2.05, 4.69) is 26.2 Å². The van der Waals surface area contributed by atoms with Gasteiger partial charge in [0.25, 0.3) is 5.91 Å². The Morgan fingerprint density at radius 1 is 1.37 bits per heavy atom. The van der Waals surface area contributed by atoms with Crippen LogP contribution in [0.1, 0.15) is 42.5 Å². The van der Waals surface area contributed by atoms with E-state index >= 15 is 0 Å². The summed E-state index contributed by atoms with van der Waals surface area (Å²) in [5.74, 6) is 0.0608. The number of pyridine rings is 1. The highest BCUT2D eigenvalue weighted by molar-refractivity contribution is 9.10. The molecule has 1 aromatic rings. The van der Waals surface area contributed by atoms with Gasteiger partial charge in [-0.2, -0.15) is 0 Å². The van der Waals surface area contributed by atoms with Crippen LogP contribution >= 0.6 is 15.9 Å². The topological polar surface area (TPSA) is 62.2 Å². The zero-order valence-corrected chi connectivity index (χ0v) is 12.4. The molecule has 0 aliphatic heterocycles. The Morgan fingerprint density at radius 3 is 2.89 bits per heavy atom. The molecule has 1 fully saturated rings. The maximum atomic E-state index is 12.2. The van der Waals surface area contributed by atoms with Crippen LogP contribution in [0.25, 0.3) is 0 Å². The summed E-state index contributed by atoms with van der Waals surface area (Å²) in [6, 6.07) is 1.83. The third-order valence-corrected chi connectivity index (χ3v) is 4.11. The molecule has 1 aliphatic carbocycles. The number of aliphatic hydroxyl groups is 1. The molecule has 0 radical (unpaired) electrons. The van der Waals surface area contributed by atoms with Crippen LogP contribution in [0.3, 0.4) is 0 Å². The molecule has 2 atom stereocenters. The van der Waals surface area contributed by atoms with E-state index in [4.69, 9.17) is 0 Å². The second-order valence-electron chi connectivity index (χ2n) is 5.05. The summed E-state index contributed by atoms with van der Waals surface area (Å²) in [5.41, 5.74) is 0.551. The molecule has 0 spiro atoms. The van der Waals surface area contributed by atoms with E-state index in [0.29, 0.717) is 5.56 Å². The second kappa shape index (κ2) is 7.01. The van der Waals surface area contributed by atoms with E-state index in [1.54, 1.807) is 18.5 Å². The van der Waals surface area contributed by atoms with Gasteiger partial charge >= 0.3 is 0 Å². The fraction of sp³-hybridized carbons (Fsp3) is 0.571. The molecule has 0 saturated heterocycles. The molecule has 2 rings (SSSR count). The molecule has 1 saturated carbocycles. The highest BCUT2D eigenvalue weighted by atomic mass is 79.9. The van der Waals surface area contributed by atoms with E-state index < -0.39 is 0 Å². The van der Waals surface area contributed by atoms with Gasteiger partial charge in [-0.3, -0.25) is 9.78 Å². The van der Waals surface area contributed by atoms with E-state index in [9.17, 15) is 9.90 Å². The predicted molar refractivity (Wildman–Crippen MR) is 76.9 cm³/mol. The monoisotopic (exact) mass is 326 g/mol. The Morgan fingerprint density at radius 2 is 2.16 bits per heavy atom. The van der Waals surface area contributed by atoms with Crippen LogP contribution in [0.5, 0.6) is 0 Å². The zero-order chi connectivity index (χ0) is 13.7. The lowest BCUT2D eigenvalue weighted by Crippen LogP contribution is -2.41. The van der Waals surface area contributed by atoms with E-state index in [1.807, 2.05) is 0 Å². The van der Waals surface area contributed by atoms with Crippen LogP contribution in [0, 0.1) is 5.92 Å². The van der Waals surface area contributed by atoms with Crippen LogP contribution in [0.15, 0.2) is 22.9 Å². The minimum Gasteiger partial charge on any atom is -0.396 e. The normalized spacial score (nSPS) is 23.7. The third-order valence-electron chi connectivity index (χ3n) is 3.68. The Labute approximate surface area is 121 Å². The van der Waals surface area contributed by atoms with Crippen molar-refractivity contribution >= 4 is 21.8 Å². The minimum atomic E-state index is -0.112. The average Bonchev–Trinajstić information content (AvgIpc) is 2.63. The number of halogens is 1. The van der Waals surface area contributed by atoms with Gasteiger partial charge in [0, 0.05) is 35.4 Å². The molecule has 0 aromatic carbocycles. The fourth-order valence-corrected chi connectivity index (χ4v) is 2.95. The number of aliphatic hydroxyl groups excluding tert-OH is 1. The maximum absolute atomic E-state index is 12.2. The van der Waals surface area contributed by atoms with Crippen LogP contribution in [0.2, 0.25) is 0 Å². The Bertz CT molecular complexity index is 439. The van der Waals surface area contributed by atoms with Crippen molar-refractivity contribution < 1.29 is 9.90 Å². The van der Waals surface area contributed by atoms with Crippen molar-refractivity contribution in [3.8, 4) is 0 Å². The molecule has 19 heavy (non-hydrogen) atoms. The molecule has 1 amide bonds. The highest BCUT2D eigenvalue weighted by Gasteiger charge is 2.24. The van der Waals surface area contributed by atoms with Crippen LogP contribution < -0.4 is 5.32 Å². The lowest BCUT2D eigenvalue weighted by atomic mass is 9.95. The number of rotatable bonds is 3. The summed E-state index contributed by atoms with van der Waals surface area (Å²) < 4.78 is 0.791. The fourth-order valence-electron chi connectivity index (χ4n) is 2.58. The van der Waals surface area contributed by atoms with Crippen molar-refractivity contribution in [2.75, 3.05) is 6.61 Å². The second-order valence-corrected chi connectivity index (χ2v) is 5.97. The van der Waals surface area contributed by atoms with E-state index in [-0.39, 0.29) is 24.5 Å².